The summed E-state index contributed by atoms with van der Waals surface area (Å²) >= 11 is 0. The minimum Gasteiger partial charge on any atom is -0.354 e. The highest BCUT2D eigenvalue weighted by Gasteiger charge is 2.35. The van der Waals surface area contributed by atoms with Gasteiger partial charge in [-0.2, -0.15) is 0 Å². The van der Waals surface area contributed by atoms with Gasteiger partial charge in [0.15, 0.2) is 0 Å². The Bertz CT molecular complexity index is 1680. The first-order chi connectivity index (χ1) is 21.1. The average molecular weight is 616 g/mol. The molecule has 4 rings (SSSR count). The molecule has 230 valence electrons. The van der Waals surface area contributed by atoms with E-state index in [4.69, 9.17) is 0 Å². The quantitative estimate of drug-likeness (QED) is 0.206. The molecule has 4 aromatic carbocycles. The average Bonchev–Trinajstić information content (AvgIpc) is 3.02. The van der Waals surface area contributed by atoms with Crippen LogP contribution in [0.2, 0.25) is 0 Å². The van der Waals surface area contributed by atoms with Crippen LogP contribution in [0, 0.1) is 19.7 Å². The Morgan fingerprint density at radius 3 is 2.14 bits per heavy atom. The molecule has 0 fully saturated rings. The van der Waals surface area contributed by atoms with E-state index in [0.29, 0.717) is 24.2 Å². The lowest BCUT2D eigenvalue weighted by atomic mass is 10.0. The highest BCUT2D eigenvalue weighted by Crippen LogP contribution is 2.28. The monoisotopic (exact) mass is 615 g/mol. The topological polar surface area (TPSA) is 86.8 Å². The molecule has 2 amide bonds. The van der Waals surface area contributed by atoms with E-state index in [-0.39, 0.29) is 23.4 Å². The molecular formula is C35H38FN3O4S. The third kappa shape index (κ3) is 7.90. The predicted octanol–water partition coefficient (Wildman–Crippen LogP) is 5.80. The smallest absolute Gasteiger partial charge is 0.264 e. The van der Waals surface area contributed by atoms with Gasteiger partial charge in [0.1, 0.15) is 18.4 Å². The van der Waals surface area contributed by atoms with Crippen molar-refractivity contribution in [2.45, 2.75) is 51.1 Å². The molecule has 7 nitrogen and oxygen atoms in total. The van der Waals surface area contributed by atoms with Crippen LogP contribution in [0.3, 0.4) is 0 Å². The lowest BCUT2D eigenvalue weighted by molar-refractivity contribution is -0.140. The van der Waals surface area contributed by atoms with Crippen molar-refractivity contribution in [3.8, 4) is 0 Å². The van der Waals surface area contributed by atoms with Gasteiger partial charge >= 0.3 is 0 Å². The number of hydrogen-bond donors (Lipinski definition) is 1. The van der Waals surface area contributed by atoms with E-state index in [1.807, 2.05) is 44.2 Å². The third-order valence-electron chi connectivity index (χ3n) is 7.39. The van der Waals surface area contributed by atoms with Gasteiger partial charge in [-0.05, 0) is 55.7 Å². The largest absolute Gasteiger partial charge is 0.354 e. The number of anilines is 1. The highest BCUT2D eigenvalue weighted by atomic mass is 32.2. The first kappa shape index (κ1) is 32.4. The molecule has 0 saturated carbocycles. The number of carbonyl (C=O) groups is 2. The fourth-order valence-corrected chi connectivity index (χ4v) is 6.40. The predicted molar refractivity (Wildman–Crippen MR) is 171 cm³/mol. The summed E-state index contributed by atoms with van der Waals surface area (Å²) < 4.78 is 44.3. The molecule has 0 unspecified atom stereocenters. The molecule has 9 heteroatoms. The van der Waals surface area contributed by atoms with Crippen molar-refractivity contribution >= 4 is 27.5 Å². The van der Waals surface area contributed by atoms with Gasteiger partial charge < -0.3 is 10.2 Å². The first-order valence-corrected chi connectivity index (χ1v) is 16.1. The fraction of sp³-hybridized carbons (Fsp3) is 0.257. The number of nitrogens with one attached hydrogen (secondary N) is 1. The van der Waals surface area contributed by atoms with Crippen LogP contribution in [-0.4, -0.2) is 44.3 Å². The molecule has 0 saturated heterocycles. The lowest BCUT2D eigenvalue weighted by Crippen LogP contribution is -2.53. The van der Waals surface area contributed by atoms with Gasteiger partial charge in [-0.15, -0.1) is 0 Å². The van der Waals surface area contributed by atoms with E-state index in [0.717, 1.165) is 15.4 Å². The summed E-state index contributed by atoms with van der Waals surface area (Å²) in [5.41, 5.74) is 2.89. The molecule has 0 aliphatic heterocycles. The number of nitrogens with zero attached hydrogens (tertiary/aromatic N) is 2. The van der Waals surface area contributed by atoms with Gasteiger partial charge in [0, 0.05) is 25.1 Å². The van der Waals surface area contributed by atoms with Crippen LogP contribution in [0.5, 0.6) is 0 Å². The fourth-order valence-electron chi connectivity index (χ4n) is 4.92. The Morgan fingerprint density at radius 2 is 1.48 bits per heavy atom. The van der Waals surface area contributed by atoms with Crippen molar-refractivity contribution < 1.29 is 22.4 Å². The standard InChI is InChI=1S/C35H38FN3O4S/c1-4-22-37-35(41)33(23-28-13-6-5-7-14-28)38(24-29-15-9-10-16-31(29)36)34(40)25-39(32-17-11-8-12-27(32)3)44(42,43)30-20-18-26(2)19-21-30/h5-21,33H,4,22-25H2,1-3H3,(H,37,41)/t33-/m1/s1. The maximum Gasteiger partial charge on any atom is 0.264 e. The second-order valence-corrected chi connectivity index (χ2v) is 12.6. The van der Waals surface area contributed by atoms with E-state index in [9.17, 15) is 22.4 Å². The van der Waals surface area contributed by atoms with Gasteiger partial charge in [-0.25, -0.2) is 12.8 Å². The maximum absolute atomic E-state index is 15.0. The van der Waals surface area contributed by atoms with Crippen LogP contribution in [0.4, 0.5) is 10.1 Å². The molecule has 1 N–H and O–H groups in total. The molecule has 0 spiro atoms. The molecule has 1 atom stereocenters. The van der Waals surface area contributed by atoms with Crippen molar-refractivity contribution in [2.24, 2.45) is 0 Å². The Labute approximate surface area is 259 Å². The number of hydrogen-bond acceptors (Lipinski definition) is 4. The molecule has 4 aromatic rings. The summed E-state index contributed by atoms with van der Waals surface area (Å²) in [6.45, 7) is 5.12. The van der Waals surface area contributed by atoms with E-state index in [1.54, 1.807) is 61.5 Å². The van der Waals surface area contributed by atoms with Crippen LogP contribution in [0.15, 0.2) is 108 Å². The van der Waals surface area contributed by atoms with Crippen molar-refractivity contribution in [3.63, 3.8) is 0 Å². The van der Waals surface area contributed by atoms with Gasteiger partial charge in [0.2, 0.25) is 11.8 Å². The Morgan fingerprint density at radius 1 is 0.841 bits per heavy atom. The number of benzene rings is 4. The molecule has 0 aliphatic rings. The summed E-state index contributed by atoms with van der Waals surface area (Å²) in [5.74, 6) is -1.57. The number of amides is 2. The third-order valence-corrected chi connectivity index (χ3v) is 9.16. The van der Waals surface area contributed by atoms with Gasteiger partial charge in [0.05, 0.1) is 10.6 Å². The molecule has 0 bridgehead atoms. The van der Waals surface area contributed by atoms with Gasteiger partial charge in [-0.3, -0.25) is 13.9 Å². The summed E-state index contributed by atoms with van der Waals surface area (Å²) in [5, 5.41) is 2.89. The number of sulfonamides is 1. The molecular weight excluding hydrogens is 577 g/mol. The van der Waals surface area contributed by atoms with Crippen molar-refractivity contribution in [1.29, 1.82) is 0 Å². The van der Waals surface area contributed by atoms with Crippen molar-refractivity contribution in [2.75, 3.05) is 17.4 Å². The summed E-state index contributed by atoms with van der Waals surface area (Å²) in [4.78, 5) is 29.4. The number of rotatable bonds is 13. The Balaban J connectivity index is 1.81. The molecule has 0 radical (unpaired) electrons. The van der Waals surface area contributed by atoms with Crippen LogP contribution in [-0.2, 0) is 32.6 Å². The summed E-state index contributed by atoms with van der Waals surface area (Å²) in [7, 11) is -4.21. The number of halogens is 1. The van der Waals surface area contributed by atoms with E-state index in [1.165, 1.54) is 23.1 Å². The van der Waals surface area contributed by atoms with Gasteiger partial charge in [0.25, 0.3) is 10.0 Å². The lowest BCUT2D eigenvalue weighted by Gasteiger charge is -2.34. The summed E-state index contributed by atoms with van der Waals surface area (Å²) in [6, 6.07) is 27.6. The van der Waals surface area contributed by atoms with Crippen LogP contribution >= 0.6 is 0 Å². The molecule has 44 heavy (non-hydrogen) atoms. The maximum atomic E-state index is 15.0. The number of aryl methyl sites for hydroxylation is 2. The van der Waals surface area contributed by atoms with E-state index in [2.05, 4.69) is 5.32 Å². The van der Waals surface area contributed by atoms with Crippen LogP contribution < -0.4 is 9.62 Å². The molecule has 0 aromatic heterocycles. The van der Waals surface area contributed by atoms with E-state index >= 15 is 0 Å². The zero-order valence-electron chi connectivity index (χ0n) is 25.2. The van der Waals surface area contributed by atoms with Crippen molar-refractivity contribution in [3.05, 3.63) is 131 Å². The molecule has 0 aliphatic carbocycles. The SMILES string of the molecule is CCCNC(=O)[C@@H](Cc1ccccc1)N(Cc1ccccc1F)C(=O)CN(c1ccccc1C)S(=O)(=O)c1ccc(C)cc1. The van der Waals surface area contributed by atoms with Crippen LogP contribution in [0.1, 0.15) is 35.6 Å². The number of carbonyl (C=O) groups excluding carboxylic acids is 2. The summed E-state index contributed by atoms with van der Waals surface area (Å²) in [6.07, 6.45) is 0.840. The minimum atomic E-state index is -4.21. The first-order valence-electron chi connectivity index (χ1n) is 14.6. The zero-order chi connectivity index (χ0) is 31.7. The molecule has 0 heterocycles. The van der Waals surface area contributed by atoms with Gasteiger partial charge in [-0.1, -0.05) is 91.3 Å². The van der Waals surface area contributed by atoms with Crippen molar-refractivity contribution in [1.82, 2.24) is 10.2 Å². The van der Waals surface area contributed by atoms with E-state index < -0.39 is 40.2 Å². The Kier molecular flexibility index (Phi) is 10.9. The zero-order valence-corrected chi connectivity index (χ0v) is 26.1. The normalized spacial score (nSPS) is 11.9. The minimum absolute atomic E-state index is 0.0290. The number of para-hydroxylation sites is 1. The second-order valence-electron chi connectivity index (χ2n) is 10.7. The second kappa shape index (κ2) is 14.8. The van der Waals surface area contributed by atoms with Crippen LogP contribution in [0.25, 0.3) is 0 Å². The Hall–Kier alpha value is -4.50. The highest BCUT2D eigenvalue weighted by molar-refractivity contribution is 7.92.